The summed E-state index contributed by atoms with van der Waals surface area (Å²) in [6, 6.07) is 8.73. The molecule has 172 valence electrons. The summed E-state index contributed by atoms with van der Waals surface area (Å²) in [5.74, 6) is -1.73. The Hall–Kier alpha value is -2.63. The SMILES string of the molecule is C=CC[C@@H](CC(=O)N(CC(C)C)[C@@H](Cc1ccccc1)C(=O)OC)C(=O)OC(C)(C)C. The van der Waals surface area contributed by atoms with E-state index < -0.39 is 29.5 Å². The van der Waals surface area contributed by atoms with E-state index in [9.17, 15) is 14.4 Å². The maximum absolute atomic E-state index is 13.4. The normalized spacial score (nSPS) is 13.3. The molecule has 0 N–H and O–H groups in total. The van der Waals surface area contributed by atoms with Crippen LogP contribution in [-0.4, -0.2) is 48.0 Å². The monoisotopic (exact) mass is 431 g/mol. The Morgan fingerprint density at radius 3 is 2.19 bits per heavy atom. The summed E-state index contributed by atoms with van der Waals surface area (Å²) < 4.78 is 10.5. The van der Waals surface area contributed by atoms with E-state index in [2.05, 4.69) is 6.58 Å². The molecule has 0 radical (unpaired) electrons. The number of hydrogen-bond acceptors (Lipinski definition) is 5. The van der Waals surface area contributed by atoms with Crippen molar-refractivity contribution in [3.63, 3.8) is 0 Å². The standard InChI is InChI=1S/C25H37NO5/c1-8-12-20(23(28)31-25(4,5)6)16-22(27)26(17-18(2)3)21(24(29)30-7)15-19-13-10-9-11-14-19/h8-11,13-14,18,20-21H,1,12,15-17H2,2-7H3/t20-,21-/m0/s1. The molecule has 0 aliphatic rings. The first kappa shape index (κ1) is 26.4. The van der Waals surface area contributed by atoms with Crippen molar-refractivity contribution in [3.05, 3.63) is 48.6 Å². The Bertz CT molecular complexity index is 736. The van der Waals surface area contributed by atoms with E-state index in [0.29, 0.717) is 19.4 Å². The number of esters is 2. The minimum absolute atomic E-state index is 0.0596. The van der Waals surface area contributed by atoms with Crippen LogP contribution in [0.3, 0.4) is 0 Å². The Labute approximate surface area is 186 Å². The predicted molar refractivity (Wildman–Crippen MR) is 121 cm³/mol. The number of hydrogen-bond donors (Lipinski definition) is 0. The zero-order valence-electron chi connectivity index (χ0n) is 19.7. The molecule has 0 aliphatic heterocycles. The molecule has 0 saturated carbocycles. The van der Waals surface area contributed by atoms with Gasteiger partial charge in [0.15, 0.2) is 0 Å². The van der Waals surface area contributed by atoms with Crippen LogP contribution in [0.25, 0.3) is 0 Å². The molecule has 2 atom stereocenters. The molecule has 0 unspecified atom stereocenters. The number of methoxy groups -OCH3 is 1. The van der Waals surface area contributed by atoms with Crippen molar-refractivity contribution in [1.29, 1.82) is 0 Å². The van der Waals surface area contributed by atoms with Gasteiger partial charge in [0.05, 0.1) is 13.0 Å². The number of carbonyl (C=O) groups excluding carboxylic acids is 3. The van der Waals surface area contributed by atoms with Crippen LogP contribution in [0, 0.1) is 11.8 Å². The van der Waals surface area contributed by atoms with Gasteiger partial charge in [-0.25, -0.2) is 4.79 Å². The van der Waals surface area contributed by atoms with Gasteiger partial charge in [-0.2, -0.15) is 0 Å². The van der Waals surface area contributed by atoms with Crippen molar-refractivity contribution in [2.75, 3.05) is 13.7 Å². The molecule has 0 bridgehead atoms. The molecule has 0 saturated heterocycles. The van der Waals surface area contributed by atoms with E-state index in [4.69, 9.17) is 9.47 Å². The van der Waals surface area contributed by atoms with Crippen molar-refractivity contribution < 1.29 is 23.9 Å². The highest BCUT2D eigenvalue weighted by Crippen LogP contribution is 2.21. The highest BCUT2D eigenvalue weighted by atomic mass is 16.6. The molecule has 1 amide bonds. The number of ether oxygens (including phenoxy) is 2. The zero-order valence-corrected chi connectivity index (χ0v) is 19.7. The van der Waals surface area contributed by atoms with Gasteiger partial charge in [0.2, 0.25) is 5.91 Å². The minimum Gasteiger partial charge on any atom is -0.467 e. The minimum atomic E-state index is -0.773. The van der Waals surface area contributed by atoms with E-state index in [-0.39, 0.29) is 18.2 Å². The first-order chi connectivity index (χ1) is 14.5. The quantitative estimate of drug-likeness (QED) is 0.388. The molecular formula is C25H37NO5. The summed E-state index contributed by atoms with van der Waals surface area (Å²) in [5.41, 5.74) is 0.271. The fourth-order valence-electron chi connectivity index (χ4n) is 3.27. The summed E-state index contributed by atoms with van der Waals surface area (Å²) in [6.07, 6.45) is 2.20. The number of amides is 1. The van der Waals surface area contributed by atoms with E-state index in [1.54, 1.807) is 31.7 Å². The highest BCUT2D eigenvalue weighted by molar-refractivity contribution is 5.87. The van der Waals surface area contributed by atoms with Crippen LogP contribution in [0.2, 0.25) is 0 Å². The maximum atomic E-state index is 13.4. The summed E-state index contributed by atoms with van der Waals surface area (Å²) in [6.45, 7) is 13.4. The van der Waals surface area contributed by atoms with Crippen molar-refractivity contribution in [3.8, 4) is 0 Å². The van der Waals surface area contributed by atoms with Gasteiger partial charge in [-0.1, -0.05) is 50.3 Å². The van der Waals surface area contributed by atoms with Gasteiger partial charge >= 0.3 is 11.9 Å². The fraction of sp³-hybridized carbons (Fsp3) is 0.560. The zero-order chi connectivity index (χ0) is 23.6. The van der Waals surface area contributed by atoms with E-state index >= 15 is 0 Å². The second-order valence-electron chi connectivity index (χ2n) is 9.13. The van der Waals surface area contributed by atoms with Gasteiger partial charge in [-0.05, 0) is 38.7 Å². The Morgan fingerprint density at radius 1 is 1.10 bits per heavy atom. The van der Waals surface area contributed by atoms with Crippen LogP contribution in [0.1, 0.15) is 53.0 Å². The molecule has 1 aromatic rings. The second-order valence-corrected chi connectivity index (χ2v) is 9.13. The smallest absolute Gasteiger partial charge is 0.328 e. The third-order valence-corrected chi connectivity index (χ3v) is 4.62. The Balaban J connectivity index is 3.16. The van der Waals surface area contributed by atoms with Gasteiger partial charge in [0, 0.05) is 19.4 Å². The van der Waals surface area contributed by atoms with Crippen molar-refractivity contribution >= 4 is 17.8 Å². The molecule has 0 aromatic heterocycles. The molecule has 0 aliphatic carbocycles. The van der Waals surface area contributed by atoms with E-state index in [0.717, 1.165) is 5.56 Å². The van der Waals surface area contributed by atoms with Crippen LogP contribution in [0.5, 0.6) is 0 Å². The van der Waals surface area contributed by atoms with Crippen molar-refractivity contribution in [2.24, 2.45) is 11.8 Å². The number of carbonyl (C=O) groups is 3. The number of nitrogens with zero attached hydrogens (tertiary/aromatic N) is 1. The maximum Gasteiger partial charge on any atom is 0.328 e. The molecule has 1 aromatic carbocycles. The van der Waals surface area contributed by atoms with Crippen LogP contribution < -0.4 is 0 Å². The number of allylic oxidation sites excluding steroid dienone is 1. The lowest BCUT2D eigenvalue weighted by Crippen LogP contribution is -2.49. The summed E-state index contributed by atoms with van der Waals surface area (Å²) in [5, 5.41) is 0. The first-order valence-corrected chi connectivity index (χ1v) is 10.7. The number of rotatable bonds is 11. The summed E-state index contributed by atoms with van der Waals surface area (Å²) >= 11 is 0. The lowest BCUT2D eigenvalue weighted by Gasteiger charge is -2.33. The predicted octanol–water partition coefficient (Wildman–Crippen LogP) is 4.18. The van der Waals surface area contributed by atoms with Gasteiger partial charge in [0.1, 0.15) is 11.6 Å². The van der Waals surface area contributed by atoms with Crippen molar-refractivity contribution in [2.45, 2.75) is 65.5 Å². The first-order valence-electron chi connectivity index (χ1n) is 10.7. The fourth-order valence-corrected chi connectivity index (χ4v) is 3.27. The highest BCUT2D eigenvalue weighted by Gasteiger charge is 2.34. The lowest BCUT2D eigenvalue weighted by atomic mass is 9.97. The molecule has 0 spiro atoms. The molecule has 6 heteroatoms. The molecule has 1 rings (SSSR count). The topological polar surface area (TPSA) is 72.9 Å². The van der Waals surface area contributed by atoms with Crippen LogP contribution in [0.4, 0.5) is 0 Å². The van der Waals surface area contributed by atoms with Crippen LogP contribution in [-0.2, 0) is 30.3 Å². The van der Waals surface area contributed by atoms with Gasteiger partial charge < -0.3 is 14.4 Å². The molecule has 31 heavy (non-hydrogen) atoms. The van der Waals surface area contributed by atoms with Crippen LogP contribution in [0.15, 0.2) is 43.0 Å². The Morgan fingerprint density at radius 2 is 1.71 bits per heavy atom. The van der Waals surface area contributed by atoms with Gasteiger partial charge in [-0.15, -0.1) is 6.58 Å². The third kappa shape index (κ3) is 9.37. The lowest BCUT2D eigenvalue weighted by molar-refractivity contribution is -0.162. The van der Waals surface area contributed by atoms with Gasteiger partial charge in [-0.3, -0.25) is 9.59 Å². The molecular weight excluding hydrogens is 394 g/mol. The summed E-state index contributed by atoms with van der Waals surface area (Å²) in [7, 11) is 1.32. The largest absolute Gasteiger partial charge is 0.467 e. The van der Waals surface area contributed by atoms with E-state index in [1.807, 2.05) is 44.2 Å². The second kappa shape index (κ2) is 12.3. The van der Waals surface area contributed by atoms with E-state index in [1.165, 1.54) is 7.11 Å². The average molecular weight is 432 g/mol. The van der Waals surface area contributed by atoms with Crippen molar-refractivity contribution in [1.82, 2.24) is 4.90 Å². The molecule has 6 nitrogen and oxygen atoms in total. The number of benzene rings is 1. The Kier molecular flexibility index (Phi) is 10.5. The summed E-state index contributed by atoms with van der Waals surface area (Å²) in [4.78, 5) is 40.2. The van der Waals surface area contributed by atoms with Crippen LogP contribution >= 0.6 is 0 Å². The van der Waals surface area contributed by atoms with Gasteiger partial charge in [0.25, 0.3) is 0 Å². The average Bonchev–Trinajstić information content (AvgIpc) is 2.68. The molecule has 0 heterocycles. The molecule has 0 fully saturated rings. The third-order valence-electron chi connectivity index (χ3n) is 4.62.